The minimum atomic E-state index is -0.401. The molecule has 3 aromatic rings. The number of nitro groups is 1. The molecule has 0 spiro atoms. The van der Waals surface area contributed by atoms with E-state index in [0.717, 1.165) is 22.6 Å². The van der Waals surface area contributed by atoms with Crippen LogP contribution in [0.2, 0.25) is 0 Å². The van der Waals surface area contributed by atoms with Crippen molar-refractivity contribution in [2.24, 2.45) is 0 Å². The van der Waals surface area contributed by atoms with Crippen molar-refractivity contribution in [3.63, 3.8) is 0 Å². The van der Waals surface area contributed by atoms with E-state index < -0.39 is 4.92 Å². The molecule has 0 aliphatic rings. The molecule has 2 aromatic heterocycles. The van der Waals surface area contributed by atoms with Gasteiger partial charge in [-0.2, -0.15) is 0 Å². The standard InChI is InChI=1S/C17H15N3O2/c1-12-9-10-19-13(2)16(18-17(19)11-12)8-5-14-3-6-15(7-4-14)20(21)22/h3-11H,1-2H3. The van der Waals surface area contributed by atoms with Crippen molar-refractivity contribution in [3.8, 4) is 0 Å². The lowest BCUT2D eigenvalue weighted by molar-refractivity contribution is -0.384. The lowest BCUT2D eigenvalue weighted by Gasteiger charge is -1.97. The molecule has 22 heavy (non-hydrogen) atoms. The molecule has 5 heteroatoms. The largest absolute Gasteiger partial charge is 0.304 e. The maximum absolute atomic E-state index is 10.6. The summed E-state index contributed by atoms with van der Waals surface area (Å²) in [5.41, 5.74) is 5.04. The molecule has 0 saturated heterocycles. The number of pyridine rings is 1. The number of nitro benzene ring substituents is 1. The predicted octanol–water partition coefficient (Wildman–Crippen LogP) is 4.03. The summed E-state index contributed by atoms with van der Waals surface area (Å²) < 4.78 is 2.04. The van der Waals surface area contributed by atoms with Crippen LogP contribution < -0.4 is 0 Å². The first-order valence-corrected chi connectivity index (χ1v) is 6.92. The molecular weight excluding hydrogens is 278 g/mol. The first-order chi connectivity index (χ1) is 10.5. The number of aryl methyl sites for hydroxylation is 2. The van der Waals surface area contributed by atoms with Gasteiger partial charge >= 0.3 is 0 Å². The zero-order valence-corrected chi connectivity index (χ0v) is 12.4. The van der Waals surface area contributed by atoms with Crippen LogP contribution in [0.25, 0.3) is 17.8 Å². The highest BCUT2D eigenvalue weighted by Crippen LogP contribution is 2.17. The molecule has 0 atom stereocenters. The first-order valence-electron chi connectivity index (χ1n) is 6.92. The van der Waals surface area contributed by atoms with Crippen LogP contribution >= 0.6 is 0 Å². The van der Waals surface area contributed by atoms with E-state index in [1.54, 1.807) is 12.1 Å². The van der Waals surface area contributed by atoms with Crippen molar-refractivity contribution in [2.75, 3.05) is 0 Å². The number of non-ortho nitro benzene ring substituents is 1. The summed E-state index contributed by atoms with van der Waals surface area (Å²) in [7, 11) is 0. The van der Waals surface area contributed by atoms with E-state index in [-0.39, 0.29) is 5.69 Å². The topological polar surface area (TPSA) is 60.4 Å². The maximum atomic E-state index is 10.6. The van der Waals surface area contributed by atoms with Crippen LogP contribution in [0.15, 0.2) is 42.6 Å². The van der Waals surface area contributed by atoms with Gasteiger partial charge in [0.2, 0.25) is 0 Å². The Morgan fingerprint density at radius 2 is 1.86 bits per heavy atom. The van der Waals surface area contributed by atoms with E-state index in [1.807, 2.05) is 48.7 Å². The number of imidazole rings is 1. The fourth-order valence-electron chi connectivity index (χ4n) is 2.33. The fourth-order valence-corrected chi connectivity index (χ4v) is 2.33. The highest BCUT2D eigenvalue weighted by atomic mass is 16.6. The van der Waals surface area contributed by atoms with E-state index >= 15 is 0 Å². The Balaban J connectivity index is 1.92. The number of nitrogens with zero attached hydrogens (tertiary/aromatic N) is 3. The summed E-state index contributed by atoms with van der Waals surface area (Å²) in [6.07, 6.45) is 5.85. The van der Waals surface area contributed by atoms with Crippen LogP contribution in [0, 0.1) is 24.0 Å². The summed E-state index contributed by atoms with van der Waals surface area (Å²) in [5, 5.41) is 10.6. The van der Waals surface area contributed by atoms with Gasteiger partial charge in [-0.3, -0.25) is 10.1 Å². The summed E-state index contributed by atoms with van der Waals surface area (Å²) in [6, 6.07) is 10.5. The predicted molar refractivity (Wildman–Crippen MR) is 86.7 cm³/mol. The quantitative estimate of drug-likeness (QED) is 0.541. The molecule has 0 fully saturated rings. The molecule has 0 amide bonds. The number of benzene rings is 1. The van der Waals surface area contributed by atoms with Gasteiger partial charge in [-0.05, 0) is 55.3 Å². The van der Waals surface area contributed by atoms with Gasteiger partial charge in [-0.15, -0.1) is 0 Å². The smallest absolute Gasteiger partial charge is 0.269 e. The van der Waals surface area contributed by atoms with Crippen molar-refractivity contribution in [2.45, 2.75) is 13.8 Å². The third-order valence-electron chi connectivity index (χ3n) is 3.59. The number of fused-ring (bicyclic) bond motifs is 1. The zero-order chi connectivity index (χ0) is 15.7. The Bertz CT molecular complexity index is 877. The molecule has 110 valence electrons. The number of hydrogen-bond donors (Lipinski definition) is 0. The van der Waals surface area contributed by atoms with Gasteiger partial charge < -0.3 is 4.40 Å². The van der Waals surface area contributed by atoms with Crippen molar-refractivity contribution < 1.29 is 4.92 Å². The Kier molecular flexibility index (Phi) is 3.47. The molecular formula is C17H15N3O2. The van der Waals surface area contributed by atoms with E-state index in [2.05, 4.69) is 4.98 Å². The molecule has 0 aliphatic heterocycles. The van der Waals surface area contributed by atoms with Crippen LogP contribution in [0.1, 0.15) is 22.5 Å². The number of hydrogen-bond acceptors (Lipinski definition) is 3. The number of aromatic nitrogens is 2. The van der Waals surface area contributed by atoms with Gasteiger partial charge in [0.1, 0.15) is 5.65 Å². The Morgan fingerprint density at radius 1 is 1.14 bits per heavy atom. The Hall–Kier alpha value is -2.95. The normalized spacial score (nSPS) is 11.4. The van der Waals surface area contributed by atoms with Gasteiger partial charge in [-0.25, -0.2) is 4.98 Å². The van der Waals surface area contributed by atoms with Gasteiger partial charge in [0.25, 0.3) is 5.69 Å². The number of rotatable bonds is 3. The second kappa shape index (κ2) is 5.44. The van der Waals surface area contributed by atoms with Gasteiger partial charge in [0.05, 0.1) is 10.6 Å². The average molecular weight is 293 g/mol. The first kappa shape index (κ1) is 14.0. The lowest BCUT2D eigenvalue weighted by atomic mass is 10.2. The van der Waals surface area contributed by atoms with Crippen molar-refractivity contribution in [1.82, 2.24) is 9.38 Å². The summed E-state index contributed by atoms with van der Waals surface area (Å²) in [4.78, 5) is 14.8. The molecule has 1 aromatic carbocycles. The molecule has 0 bridgehead atoms. The minimum absolute atomic E-state index is 0.0940. The highest BCUT2D eigenvalue weighted by Gasteiger charge is 2.06. The molecule has 0 N–H and O–H groups in total. The van der Waals surface area contributed by atoms with Gasteiger partial charge in [0, 0.05) is 24.0 Å². The molecule has 2 heterocycles. The summed E-state index contributed by atoms with van der Waals surface area (Å²) in [5.74, 6) is 0. The molecule has 3 rings (SSSR count). The van der Waals surface area contributed by atoms with Gasteiger partial charge in [0.15, 0.2) is 0 Å². The summed E-state index contributed by atoms with van der Waals surface area (Å²) in [6.45, 7) is 4.06. The van der Waals surface area contributed by atoms with Gasteiger partial charge in [-0.1, -0.05) is 6.08 Å². The van der Waals surface area contributed by atoms with E-state index in [1.165, 1.54) is 17.7 Å². The monoisotopic (exact) mass is 293 g/mol. The fraction of sp³-hybridized carbons (Fsp3) is 0.118. The van der Waals surface area contributed by atoms with E-state index in [4.69, 9.17) is 0 Å². The van der Waals surface area contributed by atoms with Crippen molar-refractivity contribution in [3.05, 3.63) is 75.2 Å². The second-order valence-electron chi connectivity index (χ2n) is 5.20. The minimum Gasteiger partial charge on any atom is -0.304 e. The van der Waals surface area contributed by atoms with Crippen molar-refractivity contribution in [1.29, 1.82) is 0 Å². The third kappa shape index (κ3) is 2.61. The molecule has 0 aliphatic carbocycles. The second-order valence-corrected chi connectivity index (χ2v) is 5.20. The summed E-state index contributed by atoms with van der Waals surface area (Å²) >= 11 is 0. The lowest BCUT2D eigenvalue weighted by Crippen LogP contribution is -1.87. The SMILES string of the molecule is Cc1ccn2c(C)c(C=Cc3ccc([N+](=O)[O-])cc3)nc2c1. The van der Waals surface area contributed by atoms with Crippen LogP contribution in [0.3, 0.4) is 0 Å². The Labute approximate surface area is 127 Å². The maximum Gasteiger partial charge on any atom is 0.269 e. The Morgan fingerprint density at radius 3 is 2.55 bits per heavy atom. The molecule has 0 unspecified atom stereocenters. The molecule has 5 nitrogen and oxygen atoms in total. The molecule has 0 saturated carbocycles. The average Bonchev–Trinajstić information content (AvgIpc) is 2.81. The van der Waals surface area contributed by atoms with Crippen LogP contribution in [0.5, 0.6) is 0 Å². The highest BCUT2D eigenvalue weighted by molar-refractivity contribution is 5.71. The molecule has 0 radical (unpaired) electrons. The van der Waals surface area contributed by atoms with E-state index in [0.29, 0.717) is 0 Å². The van der Waals surface area contributed by atoms with Crippen LogP contribution in [-0.2, 0) is 0 Å². The van der Waals surface area contributed by atoms with Crippen LogP contribution in [0.4, 0.5) is 5.69 Å². The zero-order valence-electron chi connectivity index (χ0n) is 12.4. The third-order valence-corrected chi connectivity index (χ3v) is 3.59. The van der Waals surface area contributed by atoms with E-state index in [9.17, 15) is 10.1 Å². The van der Waals surface area contributed by atoms with Crippen molar-refractivity contribution >= 4 is 23.5 Å². The van der Waals surface area contributed by atoms with Crippen LogP contribution in [-0.4, -0.2) is 14.3 Å².